The average Bonchev–Trinajstić information content (AvgIpc) is 2.87. The number of hydrogen-bond donors (Lipinski definition) is 1. The first-order valence-corrected chi connectivity index (χ1v) is 9.99. The Labute approximate surface area is 158 Å². The van der Waals surface area contributed by atoms with E-state index in [1.165, 1.54) is 11.3 Å². The summed E-state index contributed by atoms with van der Waals surface area (Å²) in [6, 6.07) is 13.2. The van der Waals surface area contributed by atoms with E-state index in [1.807, 2.05) is 42.5 Å². The summed E-state index contributed by atoms with van der Waals surface area (Å²) >= 11 is 8.75. The monoisotopic (exact) mass is 392 g/mol. The predicted octanol–water partition coefficient (Wildman–Crippen LogP) is 4.76. The lowest BCUT2D eigenvalue weighted by Gasteiger charge is -2.06. The summed E-state index contributed by atoms with van der Waals surface area (Å²) in [7, 11) is 1.75. The van der Waals surface area contributed by atoms with Gasteiger partial charge in [0.2, 0.25) is 5.91 Å². The molecule has 0 bridgehead atoms. The van der Waals surface area contributed by atoms with Gasteiger partial charge in [-0.2, -0.15) is 0 Å². The van der Waals surface area contributed by atoms with Gasteiger partial charge in [0.25, 0.3) is 0 Å². The molecular weight excluding hydrogens is 376 g/mol. The van der Waals surface area contributed by atoms with Crippen LogP contribution < -0.4 is 10.2 Å². The zero-order chi connectivity index (χ0) is 17.8. The third-order valence-corrected chi connectivity index (χ3v) is 6.05. The van der Waals surface area contributed by atoms with E-state index < -0.39 is 0 Å². The second-order valence-corrected chi connectivity index (χ2v) is 8.16. The van der Waals surface area contributed by atoms with Gasteiger partial charge >= 0.3 is 4.87 Å². The third kappa shape index (κ3) is 4.66. The van der Waals surface area contributed by atoms with Crippen LogP contribution in [0.15, 0.2) is 52.2 Å². The molecule has 0 saturated carbocycles. The van der Waals surface area contributed by atoms with Crippen molar-refractivity contribution in [1.82, 2.24) is 4.57 Å². The molecule has 0 aliphatic carbocycles. The van der Waals surface area contributed by atoms with Crippen molar-refractivity contribution in [1.29, 1.82) is 0 Å². The summed E-state index contributed by atoms with van der Waals surface area (Å²) < 4.78 is 2.49. The van der Waals surface area contributed by atoms with Crippen LogP contribution in [0.4, 0.5) is 5.69 Å². The first-order chi connectivity index (χ1) is 12.0. The fraction of sp³-hybridized carbons (Fsp3) is 0.222. The minimum atomic E-state index is -0.0145. The van der Waals surface area contributed by atoms with Crippen molar-refractivity contribution < 1.29 is 4.79 Å². The summed E-state index contributed by atoms with van der Waals surface area (Å²) in [5, 5.41) is 3.62. The van der Waals surface area contributed by atoms with Crippen molar-refractivity contribution in [2.45, 2.75) is 17.7 Å². The largest absolute Gasteiger partial charge is 0.326 e. The highest BCUT2D eigenvalue weighted by Crippen LogP contribution is 2.23. The van der Waals surface area contributed by atoms with E-state index >= 15 is 0 Å². The molecule has 0 saturated heterocycles. The van der Waals surface area contributed by atoms with E-state index in [0.29, 0.717) is 6.42 Å². The van der Waals surface area contributed by atoms with Crippen LogP contribution in [0.1, 0.15) is 12.8 Å². The van der Waals surface area contributed by atoms with Crippen molar-refractivity contribution in [3.05, 3.63) is 57.2 Å². The maximum atomic E-state index is 12.1. The van der Waals surface area contributed by atoms with Crippen molar-refractivity contribution in [2.75, 3.05) is 11.1 Å². The van der Waals surface area contributed by atoms with Gasteiger partial charge in [0.05, 0.1) is 10.2 Å². The number of amides is 1. The minimum Gasteiger partial charge on any atom is -0.326 e. The highest BCUT2D eigenvalue weighted by Gasteiger charge is 2.07. The van der Waals surface area contributed by atoms with Gasteiger partial charge in [-0.05, 0) is 54.6 Å². The normalized spacial score (nSPS) is 11.0. The highest BCUT2D eigenvalue weighted by molar-refractivity contribution is 7.99. The summed E-state index contributed by atoms with van der Waals surface area (Å²) in [5.74, 6) is 0.855. The van der Waals surface area contributed by atoms with Gasteiger partial charge in [0.1, 0.15) is 0 Å². The first kappa shape index (κ1) is 18.0. The number of benzene rings is 2. The number of carbonyl (C=O) groups excluding carboxylic acids is 1. The first-order valence-electron chi connectivity index (χ1n) is 7.81. The van der Waals surface area contributed by atoms with Gasteiger partial charge in [-0.15, -0.1) is 11.8 Å². The molecule has 0 aliphatic rings. The molecule has 3 rings (SSSR count). The Kier molecular flexibility index (Phi) is 5.83. The Bertz CT molecular complexity index is 948. The molecule has 0 spiro atoms. The molecule has 1 amide bonds. The van der Waals surface area contributed by atoms with E-state index in [4.69, 9.17) is 11.6 Å². The second-order valence-electron chi connectivity index (χ2n) is 5.56. The molecule has 0 radical (unpaired) electrons. The number of nitrogens with one attached hydrogen (secondary N) is 1. The number of nitrogens with zero attached hydrogens (tertiary/aromatic N) is 1. The molecule has 0 fully saturated rings. The number of thiazole rings is 1. The highest BCUT2D eigenvalue weighted by atomic mass is 35.5. The molecule has 2 aromatic carbocycles. The van der Waals surface area contributed by atoms with E-state index in [1.54, 1.807) is 23.4 Å². The molecule has 130 valence electrons. The van der Waals surface area contributed by atoms with Crippen molar-refractivity contribution in [3.8, 4) is 0 Å². The van der Waals surface area contributed by atoms with E-state index in [9.17, 15) is 9.59 Å². The predicted molar refractivity (Wildman–Crippen MR) is 107 cm³/mol. The van der Waals surface area contributed by atoms with Gasteiger partial charge in [0.15, 0.2) is 0 Å². The summed E-state index contributed by atoms with van der Waals surface area (Å²) in [6.45, 7) is 0. The maximum Gasteiger partial charge on any atom is 0.307 e. The molecule has 7 heteroatoms. The van der Waals surface area contributed by atoms with Crippen molar-refractivity contribution >= 4 is 56.5 Å². The Morgan fingerprint density at radius 2 is 2.00 bits per heavy atom. The zero-order valence-electron chi connectivity index (χ0n) is 13.6. The minimum absolute atomic E-state index is 0.00213. The Morgan fingerprint density at radius 1 is 1.24 bits per heavy atom. The molecule has 1 aromatic heterocycles. The zero-order valence-corrected chi connectivity index (χ0v) is 16.0. The molecular formula is C18H17ClN2O2S2. The van der Waals surface area contributed by atoms with Crippen LogP contribution in [-0.4, -0.2) is 16.2 Å². The molecule has 1 N–H and O–H groups in total. The summed E-state index contributed by atoms with van der Waals surface area (Å²) in [4.78, 5) is 24.9. The number of hydrogen-bond acceptors (Lipinski definition) is 4. The smallest absolute Gasteiger partial charge is 0.307 e. The van der Waals surface area contributed by atoms with Crippen molar-refractivity contribution in [2.24, 2.45) is 7.05 Å². The van der Waals surface area contributed by atoms with E-state index in [2.05, 4.69) is 5.32 Å². The maximum absolute atomic E-state index is 12.1. The number of aryl methyl sites for hydroxylation is 1. The lowest BCUT2D eigenvalue weighted by atomic mass is 10.2. The van der Waals surface area contributed by atoms with Crippen LogP contribution in [0.5, 0.6) is 0 Å². The molecule has 4 nitrogen and oxygen atoms in total. The molecule has 1 heterocycles. The SMILES string of the molecule is Cn1c(=O)sc2cc(NC(=O)CCCSc3ccc(Cl)cc3)ccc21. The van der Waals surface area contributed by atoms with Gasteiger partial charge in [-0.3, -0.25) is 9.59 Å². The number of halogens is 1. The lowest BCUT2D eigenvalue weighted by Crippen LogP contribution is -2.11. The fourth-order valence-corrected chi connectivity index (χ4v) is 4.29. The van der Waals surface area contributed by atoms with Gasteiger partial charge in [0, 0.05) is 29.1 Å². The Morgan fingerprint density at radius 3 is 2.76 bits per heavy atom. The van der Waals surface area contributed by atoms with Crippen LogP contribution in [0.25, 0.3) is 10.2 Å². The standard InChI is InChI=1S/C18H17ClN2O2S2/c1-21-15-9-6-13(11-16(15)25-18(21)23)20-17(22)3-2-10-24-14-7-4-12(19)5-8-14/h4-9,11H,2-3,10H2,1H3,(H,20,22). The van der Waals surface area contributed by atoms with Crippen LogP contribution in [0, 0.1) is 0 Å². The molecule has 3 aromatic rings. The molecule has 0 aliphatic heterocycles. The number of rotatable bonds is 6. The Balaban J connectivity index is 1.49. The topological polar surface area (TPSA) is 51.1 Å². The number of anilines is 1. The Hall–Kier alpha value is -1.76. The van der Waals surface area contributed by atoms with Crippen LogP contribution in [0.3, 0.4) is 0 Å². The van der Waals surface area contributed by atoms with Gasteiger partial charge < -0.3 is 9.88 Å². The number of fused-ring (bicyclic) bond motifs is 1. The van der Waals surface area contributed by atoms with Crippen LogP contribution in [-0.2, 0) is 11.8 Å². The fourth-order valence-electron chi connectivity index (χ4n) is 2.39. The van der Waals surface area contributed by atoms with Gasteiger partial charge in [-0.25, -0.2) is 0 Å². The summed E-state index contributed by atoms with van der Waals surface area (Å²) in [5.41, 5.74) is 1.61. The third-order valence-electron chi connectivity index (χ3n) is 3.71. The molecule has 0 atom stereocenters. The second kappa shape index (κ2) is 8.08. The molecule has 25 heavy (non-hydrogen) atoms. The summed E-state index contributed by atoms with van der Waals surface area (Å²) in [6.07, 6.45) is 1.25. The van der Waals surface area contributed by atoms with E-state index in [-0.39, 0.29) is 10.8 Å². The number of thioether (sulfide) groups is 1. The van der Waals surface area contributed by atoms with E-state index in [0.717, 1.165) is 38.0 Å². The van der Waals surface area contributed by atoms with Crippen molar-refractivity contribution in [3.63, 3.8) is 0 Å². The number of carbonyl (C=O) groups is 1. The lowest BCUT2D eigenvalue weighted by molar-refractivity contribution is -0.116. The average molecular weight is 393 g/mol. The van der Waals surface area contributed by atoms with Crippen LogP contribution in [0.2, 0.25) is 5.02 Å². The van der Waals surface area contributed by atoms with Gasteiger partial charge in [-0.1, -0.05) is 22.9 Å². The van der Waals surface area contributed by atoms with Crippen LogP contribution >= 0.6 is 34.7 Å². The molecule has 0 unspecified atom stereocenters. The number of aromatic nitrogens is 1. The quantitative estimate of drug-likeness (QED) is 0.485.